The SMILES string of the molecule is CC(C)Cc1cc(C(=O)NC[C@]23CCC[C@H]2CN(C(=O)c2cc(-c4cc(F)cc(F)c4)n[nH]2)C3)n(C)n1. The van der Waals surface area contributed by atoms with Gasteiger partial charge in [-0.25, -0.2) is 8.78 Å². The number of benzene rings is 1. The number of hydrogen-bond donors (Lipinski definition) is 2. The van der Waals surface area contributed by atoms with Crippen LogP contribution < -0.4 is 5.32 Å². The second-order valence-electron chi connectivity index (χ2n) is 10.9. The second-order valence-corrected chi connectivity index (χ2v) is 10.9. The first-order valence-electron chi connectivity index (χ1n) is 12.8. The molecule has 1 aromatic carbocycles. The van der Waals surface area contributed by atoms with Crippen molar-refractivity contribution in [2.24, 2.45) is 24.3 Å². The maximum atomic E-state index is 13.6. The van der Waals surface area contributed by atoms with Crippen molar-refractivity contribution in [2.75, 3.05) is 19.6 Å². The number of hydrogen-bond acceptors (Lipinski definition) is 4. The number of likely N-dealkylation sites (tertiary alicyclic amines) is 1. The van der Waals surface area contributed by atoms with E-state index in [1.54, 1.807) is 16.6 Å². The van der Waals surface area contributed by atoms with Crippen molar-refractivity contribution in [1.29, 1.82) is 0 Å². The highest BCUT2D eigenvalue weighted by atomic mass is 19.1. The lowest BCUT2D eigenvalue weighted by atomic mass is 9.80. The standard InChI is InChI=1S/C27H32F2N6O2/c1-16(2)7-21-11-24(34(3)33-21)25(36)30-14-27-6-4-5-18(27)13-35(15-27)26(37)23-12-22(31-32-23)17-8-19(28)10-20(29)9-17/h8-12,16,18H,4-7,13-15H2,1-3H3,(H,30,36)(H,31,32)/t18-,27-/m0/s1. The summed E-state index contributed by atoms with van der Waals surface area (Å²) in [5.41, 5.74) is 2.09. The number of aromatic amines is 1. The van der Waals surface area contributed by atoms with Crippen molar-refractivity contribution in [1.82, 2.24) is 30.2 Å². The molecule has 2 fully saturated rings. The number of H-pyrrole nitrogens is 1. The summed E-state index contributed by atoms with van der Waals surface area (Å²) < 4.78 is 28.9. The predicted molar refractivity (Wildman–Crippen MR) is 134 cm³/mol. The summed E-state index contributed by atoms with van der Waals surface area (Å²) >= 11 is 0. The number of aromatic nitrogens is 4. The van der Waals surface area contributed by atoms with Gasteiger partial charge in [-0.2, -0.15) is 10.2 Å². The molecule has 2 atom stereocenters. The molecule has 0 unspecified atom stereocenters. The molecule has 10 heteroatoms. The Labute approximate surface area is 214 Å². The number of rotatable bonds is 7. The Morgan fingerprint density at radius 3 is 2.68 bits per heavy atom. The number of aryl methyl sites for hydroxylation is 1. The van der Waals surface area contributed by atoms with Crippen molar-refractivity contribution in [3.05, 3.63) is 59.0 Å². The molecule has 1 aliphatic heterocycles. The molecule has 2 aliphatic rings. The van der Waals surface area contributed by atoms with E-state index in [0.29, 0.717) is 42.9 Å². The van der Waals surface area contributed by atoms with Crippen LogP contribution in [-0.2, 0) is 13.5 Å². The summed E-state index contributed by atoms with van der Waals surface area (Å²) in [7, 11) is 1.78. The van der Waals surface area contributed by atoms with Gasteiger partial charge >= 0.3 is 0 Å². The maximum Gasteiger partial charge on any atom is 0.271 e. The van der Waals surface area contributed by atoms with Crippen LogP contribution in [0.5, 0.6) is 0 Å². The van der Waals surface area contributed by atoms with Crippen molar-refractivity contribution in [3.8, 4) is 11.3 Å². The molecule has 3 heterocycles. The lowest BCUT2D eigenvalue weighted by molar-refractivity contribution is 0.0761. The van der Waals surface area contributed by atoms with Gasteiger partial charge in [-0.3, -0.25) is 19.4 Å². The van der Waals surface area contributed by atoms with Gasteiger partial charge in [-0.05, 0) is 55.4 Å². The number of nitrogens with one attached hydrogen (secondary N) is 2. The number of carbonyl (C=O) groups excluding carboxylic acids is 2. The number of nitrogens with zero attached hydrogens (tertiary/aromatic N) is 4. The van der Waals surface area contributed by atoms with Crippen molar-refractivity contribution in [2.45, 2.75) is 39.5 Å². The van der Waals surface area contributed by atoms with Gasteiger partial charge in [0.1, 0.15) is 23.0 Å². The molecule has 5 rings (SSSR count). The van der Waals surface area contributed by atoms with E-state index in [1.807, 2.05) is 6.07 Å². The Bertz CT molecular complexity index is 1310. The van der Waals surface area contributed by atoms with Crippen molar-refractivity contribution < 1.29 is 18.4 Å². The van der Waals surface area contributed by atoms with Crippen LogP contribution in [-0.4, -0.2) is 56.3 Å². The van der Waals surface area contributed by atoms with Gasteiger partial charge in [0.25, 0.3) is 11.8 Å². The van der Waals surface area contributed by atoms with Crippen LogP contribution in [0.2, 0.25) is 0 Å². The fourth-order valence-corrected chi connectivity index (χ4v) is 5.91. The zero-order chi connectivity index (χ0) is 26.3. The Balaban J connectivity index is 1.26. The molecule has 0 radical (unpaired) electrons. The minimum Gasteiger partial charge on any atom is -0.350 e. The Hall–Kier alpha value is -3.56. The number of carbonyl (C=O) groups is 2. The van der Waals surface area contributed by atoms with E-state index in [4.69, 9.17) is 0 Å². The van der Waals surface area contributed by atoms with Crippen molar-refractivity contribution >= 4 is 11.8 Å². The molecule has 196 valence electrons. The summed E-state index contributed by atoms with van der Waals surface area (Å²) in [6, 6.07) is 6.53. The van der Waals surface area contributed by atoms with Crippen LogP contribution in [0.1, 0.15) is 59.8 Å². The minimum absolute atomic E-state index is 0.157. The van der Waals surface area contributed by atoms with Gasteiger partial charge in [-0.15, -0.1) is 0 Å². The lowest BCUT2D eigenvalue weighted by Crippen LogP contribution is -2.41. The highest BCUT2D eigenvalue weighted by molar-refractivity contribution is 5.94. The zero-order valence-electron chi connectivity index (χ0n) is 21.4. The molecular formula is C27H32F2N6O2. The molecule has 2 N–H and O–H groups in total. The zero-order valence-corrected chi connectivity index (χ0v) is 21.4. The van der Waals surface area contributed by atoms with E-state index in [1.165, 1.54) is 18.2 Å². The first-order valence-corrected chi connectivity index (χ1v) is 12.8. The van der Waals surface area contributed by atoms with Crippen LogP contribution >= 0.6 is 0 Å². The van der Waals surface area contributed by atoms with Gasteiger partial charge in [0.15, 0.2) is 0 Å². The highest BCUT2D eigenvalue weighted by Crippen LogP contribution is 2.48. The van der Waals surface area contributed by atoms with Crippen LogP contribution in [0.4, 0.5) is 8.78 Å². The van der Waals surface area contributed by atoms with Gasteiger partial charge < -0.3 is 10.2 Å². The molecule has 8 nitrogen and oxygen atoms in total. The summed E-state index contributed by atoms with van der Waals surface area (Å²) in [5.74, 6) is -1.03. The summed E-state index contributed by atoms with van der Waals surface area (Å²) in [6.45, 7) is 5.85. The molecule has 3 aromatic rings. The quantitative estimate of drug-likeness (QED) is 0.503. The highest BCUT2D eigenvalue weighted by Gasteiger charge is 2.51. The first kappa shape index (κ1) is 25.1. The molecule has 0 bridgehead atoms. The third-order valence-electron chi connectivity index (χ3n) is 7.68. The topological polar surface area (TPSA) is 95.9 Å². The van der Waals surface area contributed by atoms with Crippen LogP contribution in [0.25, 0.3) is 11.3 Å². The van der Waals surface area contributed by atoms with E-state index >= 15 is 0 Å². The van der Waals surface area contributed by atoms with Gasteiger partial charge in [0.05, 0.1) is 11.4 Å². The molecule has 1 aliphatic carbocycles. The average Bonchev–Trinajstić information content (AvgIpc) is 3.59. The maximum absolute atomic E-state index is 13.6. The number of halogens is 2. The van der Waals surface area contributed by atoms with Crippen LogP contribution in [0.3, 0.4) is 0 Å². The second kappa shape index (κ2) is 9.72. The minimum atomic E-state index is -0.704. The smallest absolute Gasteiger partial charge is 0.271 e. The van der Waals surface area contributed by atoms with Crippen LogP contribution in [0, 0.1) is 28.9 Å². The van der Waals surface area contributed by atoms with Gasteiger partial charge in [-0.1, -0.05) is 20.3 Å². The number of amides is 2. The van der Waals surface area contributed by atoms with Crippen molar-refractivity contribution in [3.63, 3.8) is 0 Å². The first-order chi connectivity index (χ1) is 17.6. The fraction of sp³-hybridized carbons (Fsp3) is 0.481. The number of fused-ring (bicyclic) bond motifs is 1. The largest absolute Gasteiger partial charge is 0.350 e. The summed E-state index contributed by atoms with van der Waals surface area (Å²) in [5, 5.41) is 14.4. The molecule has 1 saturated carbocycles. The van der Waals surface area contributed by atoms with E-state index < -0.39 is 11.6 Å². The average molecular weight is 511 g/mol. The fourth-order valence-electron chi connectivity index (χ4n) is 5.91. The Morgan fingerprint density at radius 2 is 1.95 bits per heavy atom. The molecule has 1 saturated heterocycles. The molecular weight excluding hydrogens is 478 g/mol. The van der Waals surface area contributed by atoms with Crippen LogP contribution in [0.15, 0.2) is 30.3 Å². The van der Waals surface area contributed by atoms with Gasteiger partial charge in [0, 0.05) is 43.7 Å². The lowest BCUT2D eigenvalue weighted by Gasteiger charge is -2.29. The third-order valence-corrected chi connectivity index (χ3v) is 7.68. The van der Waals surface area contributed by atoms with E-state index in [2.05, 4.69) is 34.5 Å². The predicted octanol–water partition coefficient (Wildman–Crippen LogP) is 3.96. The van der Waals surface area contributed by atoms with E-state index in [-0.39, 0.29) is 28.5 Å². The normalized spacial score (nSPS) is 21.0. The van der Waals surface area contributed by atoms with Gasteiger partial charge in [0.2, 0.25) is 0 Å². The molecule has 0 spiro atoms. The molecule has 2 aromatic heterocycles. The van der Waals surface area contributed by atoms with E-state index in [0.717, 1.165) is 37.4 Å². The van der Waals surface area contributed by atoms with E-state index in [9.17, 15) is 18.4 Å². The summed E-state index contributed by atoms with van der Waals surface area (Å²) in [4.78, 5) is 28.1. The Kier molecular flexibility index (Phi) is 6.59. The summed E-state index contributed by atoms with van der Waals surface area (Å²) in [6.07, 6.45) is 3.81. The molecule has 37 heavy (non-hydrogen) atoms. The third kappa shape index (κ3) is 5.01. The molecule has 2 amide bonds. The Morgan fingerprint density at radius 1 is 1.19 bits per heavy atom. The monoisotopic (exact) mass is 510 g/mol.